The summed E-state index contributed by atoms with van der Waals surface area (Å²) >= 11 is 0. The number of nitrogens with zero attached hydrogens (tertiary/aromatic N) is 3. The number of hydrogen-bond acceptors (Lipinski definition) is 5. The first-order valence-electron chi connectivity index (χ1n) is 7.74. The molecule has 0 aliphatic heterocycles. The molecule has 0 spiro atoms. The van der Waals surface area contributed by atoms with E-state index in [1.807, 2.05) is 32.9 Å². The summed E-state index contributed by atoms with van der Waals surface area (Å²) in [4.78, 5) is 20.4. The summed E-state index contributed by atoms with van der Waals surface area (Å²) in [5.41, 5.74) is 2.05. The maximum absolute atomic E-state index is 11.4. The number of carboxylic acid groups (broad SMARTS) is 1. The molecule has 1 saturated carbocycles. The number of rotatable bonds is 4. The highest BCUT2D eigenvalue weighted by Gasteiger charge is 2.42. The van der Waals surface area contributed by atoms with Gasteiger partial charge in [-0.2, -0.15) is 5.10 Å². The molecule has 1 aliphatic rings. The third-order valence-corrected chi connectivity index (χ3v) is 4.50. The smallest absolute Gasteiger partial charge is 0.309 e. The van der Waals surface area contributed by atoms with Gasteiger partial charge in [-0.15, -0.1) is 0 Å². The van der Waals surface area contributed by atoms with Gasteiger partial charge >= 0.3 is 5.97 Å². The Labute approximate surface area is 134 Å². The minimum Gasteiger partial charge on any atom is -0.481 e. The molecule has 0 aromatic carbocycles. The first-order valence-corrected chi connectivity index (χ1v) is 7.74. The van der Waals surface area contributed by atoms with Gasteiger partial charge in [-0.1, -0.05) is 0 Å². The molecule has 23 heavy (non-hydrogen) atoms. The van der Waals surface area contributed by atoms with Crippen LogP contribution in [0.1, 0.15) is 49.2 Å². The van der Waals surface area contributed by atoms with Gasteiger partial charge in [0, 0.05) is 29.1 Å². The van der Waals surface area contributed by atoms with Crippen molar-refractivity contribution in [3.63, 3.8) is 0 Å². The predicted octanol–water partition coefficient (Wildman–Crippen LogP) is 2.92. The van der Waals surface area contributed by atoms with E-state index in [4.69, 9.17) is 0 Å². The predicted molar refractivity (Wildman–Crippen MR) is 85.7 cm³/mol. The largest absolute Gasteiger partial charge is 0.481 e. The Bertz CT molecular complexity index is 742. The molecule has 0 unspecified atom stereocenters. The van der Waals surface area contributed by atoms with E-state index in [1.54, 1.807) is 0 Å². The molecule has 1 fully saturated rings. The number of aromatic nitrogens is 4. The highest BCUT2D eigenvalue weighted by molar-refractivity contribution is 5.74. The van der Waals surface area contributed by atoms with Crippen molar-refractivity contribution in [1.29, 1.82) is 0 Å². The van der Waals surface area contributed by atoms with Crippen LogP contribution in [0.25, 0.3) is 0 Å². The van der Waals surface area contributed by atoms with Crippen molar-refractivity contribution in [2.45, 2.75) is 46.0 Å². The Balaban J connectivity index is 1.82. The molecule has 0 amide bonds. The van der Waals surface area contributed by atoms with Gasteiger partial charge in [0.25, 0.3) is 0 Å². The fourth-order valence-corrected chi connectivity index (χ4v) is 3.14. The number of hydrogen-bond donors (Lipinski definition) is 3. The Morgan fingerprint density at radius 1 is 1.39 bits per heavy atom. The molecule has 3 N–H and O–H groups in total. The molecule has 0 bridgehead atoms. The van der Waals surface area contributed by atoms with Crippen molar-refractivity contribution >= 4 is 17.7 Å². The second-order valence-corrected chi connectivity index (χ2v) is 6.62. The van der Waals surface area contributed by atoms with Gasteiger partial charge in [-0.05, 0) is 46.1 Å². The number of carbonyl (C=O) groups is 1. The Morgan fingerprint density at radius 2 is 2.17 bits per heavy atom. The molecular weight excluding hydrogens is 294 g/mol. The number of H-pyrrole nitrogens is 1. The van der Waals surface area contributed by atoms with Gasteiger partial charge < -0.3 is 10.4 Å². The molecule has 2 heterocycles. The van der Waals surface area contributed by atoms with E-state index in [2.05, 4.69) is 25.5 Å². The number of aryl methyl sites for hydroxylation is 2. The first-order chi connectivity index (χ1) is 10.9. The average molecular weight is 315 g/mol. The van der Waals surface area contributed by atoms with Crippen molar-refractivity contribution < 1.29 is 9.90 Å². The van der Waals surface area contributed by atoms with Crippen molar-refractivity contribution in [3.8, 4) is 0 Å². The van der Waals surface area contributed by atoms with E-state index in [-0.39, 0.29) is 5.92 Å². The fourth-order valence-electron chi connectivity index (χ4n) is 3.14. The number of aliphatic carboxylic acids is 1. The van der Waals surface area contributed by atoms with Crippen LogP contribution in [-0.4, -0.2) is 31.2 Å². The highest BCUT2D eigenvalue weighted by atomic mass is 16.4. The first kappa shape index (κ1) is 15.5. The third-order valence-electron chi connectivity index (χ3n) is 4.50. The van der Waals surface area contributed by atoms with E-state index >= 15 is 0 Å². The summed E-state index contributed by atoms with van der Waals surface area (Å²) in [7, 11) is 0. The highest BCUT2D eigenvalue weighted by Crippen LogP contribution is 2.46. The summed E-state index contributed by atoms with van der Waals surface area (Å²) < 4.78 is 0. The lowest BCUT2D eigenvalue weighted by molar-refractivity contribution is -0.147. The second-order valence-electron chi connectivity index (χ2n) is 6.62. The van der Waals surface area contributed by atoms with Crippen LogP contribution in [0.2, 0.25) is 0 Å². The Morgan fingerprint density at radius 3 is 2.78 bits per heavy atom. The van der Waals surface area contributed by atoms with Gasteiger partial charge in [0.05, 0.1) is 5.41 Å². The molecule has 2 aromatic heterocycles. The van der Waals surface area contributed by atoms with E-state index in [9.17, 15) is 9.90 Å². The van der Waals surface area contributed by atoms with Crippen LogP contribution in [0, 0.1) is 19.3 Å². The minimum atomic E-state index is -0.726. The summed E-state index contributed by atoms with van der Waals surface area (Å²) in [5, 5.41) is 19.5. The van der Waals surface area contributed by atoms with Gasteiger partial charge in [0.1, 0.15) is 0 Å². The van der Waals surface area contributed by atoms with Crippen molar-refractivity contribution in [2.75, 3.05) is 5.32 Å². The van der Waals surface area contributed by atoms with Crippen molar-refractivity contribution in [2.24, 2.45) is 5.41 Å². The van der Waals surface area contributed by atoms with Crippen molar-refractivity contribution in [1.82, 2.24) is 20.2 Å². The maximum atomic E-state index is 11.4. The zero-order chi connectivity index (χ0) is 16.6. The molecule has 122 valence electrons. The van der Waals surface area contributed by atoms with Crippen LogP contribution >= 0.6 is 0 Å². The van der Waals surface area contributed by atoms with Crippen LogP contribution in [0.15, 0.2) is 12.1 Å². The zero-order valence-corrected chi connectivity index (χ0v) is 13.6. The van der Waals surface area contributed by atoms with Crippen molar-refractivity contribution in [3.05, 3.63) is 29.2 Å². The lowest BCUT2D eigenvalue weighted by Crippen LogP contribution is -2.23. The lowest BCUT2D eigenvalue weighted by Gasteiger charge is -2.18. The summed E-state index contributed by atoms with van der Waals surface area (Å²) in [6.45, 7) is 5.65. The van der Waals surface area contributed by atoms with E-state index in [0.29, 0.717) is 24.6 Å². The van der Waals surface area contributed by atoms with Crippen LogP contribution in [0.3, 0.4) is 0 Å². The summed E-state index contributed by atoms with van der Waals surface area (Å²) in [5.74, 6) is 0.590. The van der Waals surface area contributed by atoms with Crippen LogP contribution in [0.5, 0.6) is 0 Å². The molecule has 2 aromatic rings. The summed E-state index contributed by atoms with van der Waals surface area (Å²) in [6.07, 6.45) is 2.12. The molecule has 7 heteroatoms. The number of nitrogens with one attached hydrogen (secondary N) is 2. The van der Waals surface area contributed by atoms with Gasteiger partial charge in [-0.25, -0.2) is 9.97 Å². The number of carboxylic acids is 1. The summed E-state index contributed by atoms with van der Waals surface area (Å²) in [6, 6.07) is 3.82. The molecule has 1 aliphatic carbocycles. The SMILES string of the molecule is Cc1cc([C@H]2CC[C@](C)(C(=O)O)C2)nc(Nc2cc(C)[nH]n2)n1. The molecule has 2 atom stereocenters. The Hall–Kier alpha value is -2.44. The van der Waals surface area contributed by atoms with Gasteiger partial charge in [0.2, 0.25) is 5.95 Å². The topological polar surface area (TPSA) is 104 Å². The van der Waals surface area contributed by atoms with Crippen LogP contribution in [0.4, 0.5) is 11.8 Å². The Kier molecular flexibility index (Phi) is 3.79. The van der Waals surface area contributed by atoms with E-state index < -0.39 is 11.4 Å². The molecule has 7 nitrogen and oxygen atoms in total. The van der Waals surface area contributed by atoms with E-state index in [0.717, 1.165) is 23.5 Å². The van der Waals surface area contributed by atoms with E-state index in [1.165, 1.54) is 0 Å². The molecule has 0 radical (unpaired) electrons. The lowest BCUT2D eigenvalue weighted by atomic mass is 9.87. The monoisotopic (exact) mass is 315 g/mol. The molecular formula is C16H21N5O2. The molecule has 3 rings (SSSR count). The zero-order valence-electron chi connectivity index (χ0n) is 13.6. The fraction of sp³-hybridized carbons (Fsp3) is 0.500. The normalized spacial score (nSPS) is 23.9. The maximum Gasteiger partial charge on any atom is 0.309 e. The minimum absolute atomic E-state index is 0.152. The quantitative estimate of drug-likeness (QED) is 0.801. The van der Waals surface area contributed by atoms with Crippen LogP contribution < -0.4 is 5.32 Å². The standard InChI is InChI=1S/C16H21N5O2/c1-9-6-12(11-4-5-16(3,8-11)14(22)23)18-15(17-9)19-13-7-10(2)20-21-13/h6-7,11H,4-5,8H2,1-3H3,(H,22,23)(H2,17,18,19,20,21)/t11-,16-/m0/s1. The molecule has 0 saturated heterocycles. The third kappa shape index (κ3) is 3.18. The number of aromatic amines is 1. The second kappa shape index (κ2) is 5.64. The van der Waals surface area contributed by atoms with Crippen LogP contribution in [-0.2, 0) is 4.79 Å². The van der Waals surface area contributed by atoms with Gasteiger partial charge in [0.15, 0.2) is 5.82 Å². The van der Waals surface area contributed by atoms with Gasteiger partial charge in [-0.3, -0.25) is 9.89 Å². The average Bonchev–Trinajstić information content (AvgIpc) is 3.06. The number of anilines is 2.